The van der Waals surface area contributed by atoms with Crippen LogP contribution in [0, 0.1) is 0 Å². The summed E-state index contributed by atoms with van der Waals surface area (Å²) in [6, 6.07) is 3.60. The van der Waals surface area contributed by atoms with Crippen LogP contribution in [0.3, 0.4) is 0 Å². The second-order valence-corrected chi connectivity index (χ2v) is 12.7. The lowest BCUT2D eigenvalue weighted by Crippen LogP contribution is -2.43. The van der Waals surface area contributed by atoms with Gasteiger partial charge in [-0.1, -0.05) is 28.5 Å². The first-order chi connectivity index (χ1) is 18.8. The second kappa shape index (κ2) is 15.9. The number of nitrogens with zero attached hydrogens (tertiary/aromatic N) is 2. The Morgan fingerprint density at radius 2 is 2.00 bits per heavy atom. The van der Waals surface area contributed by atoms with Crippen LogP contribution >= 0.6 is 44.7 Å². The minimum atomic E-state index is -0.955. The van der Waals surface area contributed by atoms with E-state index in [0.717, 1.165) is 16.9 Å². The number of aliphatic carboxylic acids is 1. The number of aromatic nitrogens is 1. The van der Waals surface area contributed by atoms with Crippen LogP contribution in [0.5, 0.6) is 5.75 Å². The maximum Gasteiger partial charge on any atom is 0.513 e. The van der Waals surface area contributed by atoms with E-state index in [1.807, 2.05) is 0 Å². The number of hydrogen-bond acceptors (Lipinski definition) is 13. The molecule has 2 heterocycles. The first kappa shape index (κ1) is 31.0. The van der Waals surface area contributed by atoms with Crippen molar-refractivity contribution in [2.24, 2.45) is 4.99 Å². The molecule has 1 aliphatic rings. The van der Waals surface area contributed by atoms with Gasteiger partial charge in [0.1, 0.15) is 21.8 Å². The number of hydrogen-bond donors (Lipinski definition) is 2. The Balaban J connectivity index is 1.34. The van der Waals surface area contributed by atoms with Crippen molar-refractivity contribution in [3.63, 3.8) is 0 Å². The van der Waals surface area contributed by atoms with Crippen molar-refractivity contribution in [2.45, 2.75) is 45.2 Å². The maximum absolute atomic E-state index is 12.1. The second-order valence-electron chi connectivity index (χ2n) is 7.99. The van der Waals surface area contributed by atoms with E-state index < -0.39 is 30.2 Å². The van der Waals surface area contributed by atoms with Gasteiger partial charge in [-0.05, 0) is 31.9 Å². The smallest absolute Gasteiger partial charge is 0.480 e. The Morgan fingerprint density at radius 3 is 2.72 bits per heavy atom. The van der Waals surface area contributed by atoms with Crippen LogP contribution in [0.1, 0.15) is 38.1 Å². The van der Waals surface area contributed by atoms with Crippen molar-refractivity contribution in [1.29, 1.82) is 0 Å². The molecule has 1 aliphatic heterocycles. The summed E-state index contributed by atoms with van der Waals surface area (Å²) in [5.41, 5.74) is 0.703. The fourth-order valence-corrected chi connectivity index (χ4v) is 7.49. The average Bonchev–Trinajstić information content (AvgIpc) is 3.57. The molecule has 0 saturated heterocycles. The first-order valence-electron chi connectivity index (χ1n) is 12.2. The number of carboxylic acid groups (broad SMARTS) is 1. The highest BCUT2D eigenvalue weighted by molar-refractivity contribution is 8.76. The lowest BCUT2D eigenvalue weighted by atomic mass is 10.3. The van der Waals surface area contributed by atoms with Crippen LogP contribution in [-0.4, -0.2) is 81.7 Å². The average molecular weight is 616 g/mol. The fraction of sp³-hybridized carbons (Fsp3) is 0.500. The van der Waals surface area contributed by atoms with Crippen LogP contribution in [0.25, 0.3) is 10.2 Å². The van der Waals surface area contributed by atoms with Crippen LogP contribution in [0.15, 0.2) is 23.2 Å². The third-order valence-electron chi connectivity index (χ3n) is 5.07. The van der Waals surface area contributed by atoms with Crippen molar-refractivity contribution in [2.75, 3.05) is 30.5 Å². The highest BCUT2D eigenvalue weighted by Gasteiger charge is 2.27. The first-order valence-corrected chi connectivity index (χ1v) is 16.5. The number of amides is 1. The fourth-order valence-electron chi connectivity index (χ4n) is 3.10. The zero-order chi connectivity index (χ0) is 28.2. The van der Waals surface area contributed by atoms with Gasteiger partial charge in [0.15, 0.2) is 6.04 Å². The van der Waals surface area contributed by atoms with E-state index in [0.29, 0.717) is 45.7 Å². The lowest BCUT2D eigenvalue weighted by molar-refractivity contribution is -0.146. The predicted octanol–water partition coefficient (Wildman–Crippen LogP) is 4.38. The molecule has 2 atom stereocenters. The molecule has 0 spiro atoms. The Labute approximate surface area is 241 Å². The van der Waals surface area contributed by atoms with E-state index in [1.54, 1.807) is 42.8 Å². The number of nitrogens with one attached hydrogen (secondary N) is 1. The number of carboxylic acids is 1. The minimum Gasteiger partial charge on any atom is -0.480 e. The molecule has 11 nitrogen and oxygen atoms in total. The van der Waals surface area contributed by atoms with Crippen molar-refractivity contribution in [3.8, 4) is 5.75 Å². The van der Waals surface area contributed by atoms with E-state index in [2.05, 4.69) is 15.3 Å². The summed E-state index contributed by atoms with van der Waals surface area (Å²) in [6.07, 6.45) is 0.926. The van der Waals surface area contributed by atoms with Gasteiger partial charge in [-0.3, -0.25) is 9.79 Å². The molecular formula is C24H29N3O8S4. The Hall–Kier alpha value is -2.49. The number of unbranched alkanes of at least 4 members (excludes halogenated alkanes) is 1. The van der Waals surface area contributed by atoms with Gasteiger partial charge in [-0.15, -0.1) is 23.1 Å². The highest BCUT2D eigenvalue weighted by atomic mass is 33.1. The number of ether oxygens (including phenoxy) is 3. The normalized spacial score (nSPS) is 15.4. The summed E-state index contributed by atoms with van der Waals surface area (Å²) in [4.78, 5) is 55.6. The number of carbonyl (C=O) groups is 4. The Kier molecular flexibility index (Phi) is 12.7. The molecule has 0 radical (unpaired) electrons. The largest absolute Gasteiger partial charge is 0.513 e. The minimum absolute atomic E-state index is 0.201. The molecule has 0 aliphatic carbocycles. The molecule has 212 valence electrons. The predicted molar refractivity (Wildman–Crippen MR) is 155 cm³/mol. The van der Waals surface area contributed by atoms with Gasteiger partial charge in [0, 0.05) is 29.7 Å². The number of aliphatic imine (C=N–C) groups is 1. The standard InChI is InChI=1S/C24H29N3O8S4/c1-3-19(28)25-17(23(31)33-4-2)13-38-37-10-6-5-9-34-24(32)35-14-7-8-15-18(11-14)39-21(26-15)20-27-16(12-36-20)22(29)30/h7-8,11,16-17H,3-6,9-10,12-13H2,1-2H3,(H,25,28)(H,29,30)/t16-,17?/m1/s1. The summed E-state index contributed by atoms with van der Waals surface area (Å²) in [6.45, 7) is 3.90. The molecule has 0 fully saturated rings. The van der Waals surface area contributed by atoms with Crippen molar-refractivity contribution in [3.05, 3.63) is 23.2 Å². The van der Waals surface area contributed by atoms with Crippen molar-refractivity contribution >= 4 is 83.9 Å². The van der Waals surface area contributed by atoms with E-state index in [9.17, 15) is 19.2 Å². The summed E-state index contributed by atoms with van der Waals surface area (Å²) in [7, 11) is 3.04. The molecule has 0 bridgehead atoms. The lowest BCUT2D eigenvalue weighted by Gasteiger charge is -2.16. The molecule has 1 aromatic heterocycles. The van der Waals surface area contributed by atoms with Crippen LogP contribution in [0.2, 0.25) is 0 Å². The number of thioether (sulfide) groups is 1. The number of benzene rings is 1. The number of fused-ring (bicyclic) bond motifs is 1. The molecule has 1 aromatic carbocycles. The molecule has 1 unspecified atom stereocenters. The highest BCUT2D eigenvalue weighted by Crippen LogP contribution is 2.32. The maximum atomic E-state index is 12.1. The van der Waals surface area contributed by atoms with E-state index in [1.165, 1.54) is 33.9 Å². The zero-order valence-electron chi connectivity index (χ0n) is 21.4. The third-order valence-corrected chi connectivity index (χ3v) is 9.78. The number of esters is 1. The summed E-state index contributed by atoms with van der Waals surface area (Å²) in [5, 5.41) is 13.0. The van der Waals surface area contributed by atoms with Gasteiger partial charge in [0.05, 0.1) is 23.4 Å². The van der Waals surface area contributed by atoms with Crippen molar-refractivity contribution < 1.29 is 38.5 Å². The Morgan fingerprint density at radius 1 is 1.18 bits per heavy atom. The molecular weight excluding hydrogens is 587 g/mol. The van der Waals surface area contributed by atoms with Gasteiger partial charge < -0.3 is 24.6 Å². The number of rotatable bonds is 15. The number of thiazole rings is 1. The molecule has 3 rings (SSSR count). The van der Waals surface area contributed by atoms with Gasteiger partial charge in [0.25, 0.3) is 0 Å². The summed E-state index contributed by atoms with van der Waals surface area (Å²) >= 11 is 2.71. The van der Waals surface area contributed by atoms with E-state index in [4.69, 9.17) is 19.3 Å². The molecule has 0 saturated carbocycles. The molecule has 39 heavy (non-hydrogen) atoms. The van der Waals surface area contributed by atoms with Crippen LogP contribution in [-0.2, 0) is 23.9 Å². The summed E-state index contributed by atoms with van der Waals surface area (Å²) in [5.74, 6) is 0.293. The zero-order valence-corrected chi connectivity index (χ0v) is 24.6. The monoisotopic (exact) mass is 615 g/mol. The third kappa shape index (κ3) is 9.89. The molecule has 15 heteroatoms. The SMILES string of the molecule is CCOC(=O)C(CSSCCCCOC(=O)Oc1ccc2nc(C3=N[C@@H](C(=O)O)CS3)sc2c1)NC(=O)CC. The van der Waals surface area contributed by atoms with Gasteiger partial charge in [0.2, 0.25) is 5.91 Å². The molecule has 1 amide bonds. The summed E-state index contributed by atoms with van der Waals surface area (Å²) < 4.78 is 16.2. The molecule has 2 N–H and O–H groups in total. The van der Waals surface area contributed by atoms with E-state index >= 15 is 0 Å². The topological polar surface area (TPSA) is 153 Å². The number of carbonyl (C=O) groups excluding carboxylic acids is 3. The van der Waals surface area contributed by atoms with E-state index in [-0.39, 0.29) is 19.1 Å². The molecule has 2 aromatic rings. The van der Waals surface area contributed by atoms with Crippen LogP contribution < -0.4 is 10.1 Å². The van der Waals surface area contributed by atoms with Crippen LogP contribution in [0.4, 0.5) is 4.79 Å². The van der Waals surface area contributed by atoms with Gasteiger partial charge in [-0.25, -0.2) is 19.4 Å². The quantitative estimate of drug-likeness (QED) is 0.126. The Bertz CT molecular complexity index is 1210. The van der Waals surface area contributed by atoms with Gasteiger partial charge in [-0.2, -0.15) is 0 Å². The van der Waals surface area contributed by atoms with Gasteiger partial charge >= 0.3 is 18.1 Å². The van der Waals surface area contributed by atoms with Crippen molar-refractivity contribution in [1.82, 2.24) is 10.3 Å².